The highest BCUT2D eigenvalue weighted by Gasteiger charge is 2.47. The number of hydrogen-bond acceptors (Lipinski definition) is 3. The molecule has 3 rings (SSSR count). The van der Waals surface area contributed by atoms with E-state index < -0.39 is 0 Å². The Morgan fingerprint density at radius 3 is 2.44 bits per heavy atom. The summed E-state index contributed by atoms with van der Waals surface area (Å²) in [5.41, 5.74) is -0.165. The lowest BCUT2D eigenvalue weighted by atomic mass is 9.98. The fourth-order valence-corrected chi connectivity index (χ4v) is 3.69. The molecule has 0 bridgehead atoms. The molecule has 0 radical (unpaired) electrons. The monoisotopic (exact) mass is 251 g/mol. The maximum atomic E-state index is 12.4. The van der Waals surface area contributed by atoms with Crippen LogP contribution < -0.4 is 5.32 Å². The first kappa shape index (κ1) is 12.4. The molecule has 0 aromatic rings. The highest BCUT2D eigenvalue weighted by Crippen LogP contribution is 2.34. The Morgan fingerprint density at radius 1 is 1.00 bits per heavy atom. The lowest BCUT2D eigenvalue weighted by Crippen LogP contribution is -2.45. The molecule has 18 heavy (non-hydrogen) atoms. The van der Waals surface area contributed by atoms with Crippen LogP contribution in [0.3, 0.4) is 0 Å². The largest absolute Gasteiger partial charge is 0.327 e. The zero-order valence-corrected chi connectivity index (χ0v) is 11.3. The summed E-state index contributed by atoms with van der Waals surface area (Å²) in [7, 11) is 0. The third-order valence-electron chi connectivity index (χ3n) is 4.90. The van der Waals surface area contributed by atoms with Crippen LogP contribution in [-0.2, 0) is 4.79 Å². The fraction of sp³-hybridized carbons (Fsp3) is 0.929. The molecule has 3 aliphatic rings. The van der Waals surface area contributed by atoms with E-state index in [1.165, 1.54) is 45.2 Å². The molecule has 3 fully saturated rings. The molecule has 0 unspecified atom stereocenters. The lowest BCUT2D eigenvalue weighted by molar-refractivity contribution is -0.132. The van der Waals surface area contributed by atoms with E-state index in [-0.39, 0.29) is 5.54 Å². The molecule has 0 aromatic carbocycles. The van der Waals surface area contributed by atoms with Gasteiger partial charge in [0, 0.05) is 13.1 Å². The average molecular weight is 251 g/mol. The van der Waals surface area contributed by atoms with Gasteiger partial charge in [0.25, 0.3) is 0 Å². The second-order valence-electron chi connectivity index (χ2n) is 6.09. The predicted octanol–water partition coefficient (Wildman–Crippen LogP) is 1.17. The number of hydrogen-bond donors (Lipinski definition) is 1. The molecule has 102 valence electrons. The minimum Gasteiger partial charge on any atom is -0.327 e. The molecule has 0 atom stereocenters. The number of carbonyl (C=O) groups is 1. The third-order valence-corrected chi connectivity index (χ3v) is 4.90. The Bertz CT molecular complexity index is 306. The third kappa shape index (κ3) is 2.28. The van der Waals surface area contributed by atoms with Gasteiger partial charge < -0.3 is 9.80 Å². The highest BCUT2D eigenvalue weighted by atomic mass is 16.2. The van der Waals surface area contributed by atoms with Gasteiger partial charge in [-0.1, -0.05) is 19.3 Å². The topological polar surface area (TPSA) is 35.6 Å². The number of nitrogens with zero attached hydrogens (tertiary/aromatic N) is 2. The molecule has 1 spiro atoms. The quantitative estimate of drug-likeness (QED) is 0.818. The molecule has 2 heterocycles. The first-order chi connectivity index (χ1) is 8.80. The second-order valence-corrected chi connectivity index (χ2v) is 6.09. The Hall–Kier alpha value is -0.610. The van der Waals surface area contributed by atoms with E-state index in [2.05, 4.69) is 10.2 Å². The summed E-state index contributed by atoms with van der Waals surface area (Å²) in [5.74, 6) is 0.372. The van der Waals surface area contributed by atoms with E-state index in [4.69, 9.17) is 0 Å². The molecule has 0 aromatic heterocycles. The molecule has 2 aliphatic heterocycles. The number of likely N-dealkylation sites (tertiary alicyclic amines) is 1. The minimum atomic E-state index is -0.165. The second kappa shape index (κ2) is 5.17. The van der Waals surface area contributed by atoms with Gasteiger partial charge in [-0.25, -0.2) is 0 Å². The van der Waals surface area contributed by atoms with Gasteiger partial charge in [-0.2, -0.15) is 0 Å². The van der Waals surface area contributed by atoms with Gasteiger partial charge in [-0.15, -0.1) is 0 Å². The number of piperidine rings is 1. The highest BCUT2D eigenvalue weighted by molar-refractivity contribution is 5.88. The fourth-order valence-electron chi connectivity index (χ4n) is 3.69. The molecule has 1 aliphatic carbocycles. The summed E-state index contributed by atoms with van der Waals surface area (Å²) in [6.07, 6.45) is 8.55. The smallest absolute Gasteiger partial charge is 0.244 e. The van der Waals surface area contributed by atoms with Crippen molar-refractivity contribution in [3.8, 4) is 0 Å². The summed E-state index contributed by atoms with van der Waals surface area (Å²) < 4.78 is 0. The van der Waals surface area contributed by atoms with Gasteiger partial charge in [-0.3, -0.25) is 10.1 Å². The molecule has 2 saturated heterocycles. The summed E-state index contributed by atoms with van der Waals surface area (Å²) in [6.45, 7) is 5.19. The normalized spacial score (nSPS) is 28.4. The first-order valence-corrected chi connectivity index (χ1v) is 7.57. The Morgan fingerprint density at radius 2 is 1.72 bits per heavy atom. The maximum absolute atomic E-state index is 12.4. The van der Waals surface area contributed by atoms with Crippen molar-refractivity contribution in [2.45, 2.75) is 50.5 Å². The summed E-state index contributed by atoms with van der Waals surface area (Å²) in [6, 6.07) is 0. The van der Waals surface area contributed by atoms with Crippen LogP contribution in [0.4, 0.5) is 0 Å². The predicted molar refractivity (Wildman–Crippen MR) is 71.2 cm³/mol. The van der Waals surface area contributed by atoms with Gasteiger partial charge in [-0.05, 0) is 38.8 Å². The summed E-state index contributed by atoms with van der Waals surface area (Å²) >= 11 is 0. The van der Waals surface area contributed by atoms with Gasteiger partial charge in [0.05, 0.1) is 12.2 Å². The van der Waals surface area contributed by atoms with E-state index in [1.54, 1.807) is 0 Å². The number of nitrogens with one attached hydrogen (secondary N) is 1. The molecule has 1 amide bonds. The van der Waals surface area contributed by atoms with Crippen LogP contribution in [-0.4, -0.2) is 54.1 Å². The van der Waals surface area contributed by atoms with Gasteiger partial charge in [0.2, 0.25) is 5.91 Å². The van der Waals surface area contributed by atoms with E-state index >= 15 is 0 Å². The van der Waals surface area contributed by atoms with Crippen molar-refractivity contribution in [1.82, 2.24) is 15.1 Å². The number of rotatable bonds is 3. The van der Waals surface area contributed by atoms with E-state index in [1.807, 2.05) is 4.90 Å². The van der Waals surface area contributed by atoms with Crippen LogP contribution in [0, 0.1) is 0 Å². The standard InChI is InChI=1S/C14H25N3O/c18-13-14(6-2-3-7-14)15-12-17(13)11-10-16-8-4-1-5-9-16/h15H,1-12H2. The van der Waals surface area contributed by atoms with Crippen LogP contribution >= 0.6 is 0 Å². The molecular weight excluding hydrogens is 226 g/mol. The van der Waals surface area contributed by atoms with Gasteiger partial charge in [0.1, 0.15) is 0 Å². The Kier molecular flexibility index (Phi) is 3.57. The minimum absolute atomic E-state index is 0.165. The average Bonchev–Trinajstić information content (AvgIpc) is 3.00. The number of carbonyl (C=O) groups excluding carboxylic acids is 1. The van der Waals surface area contributed by atoms with E-state index in [0.29, 0.717) is 5.91 Å². The molecule has 1 N–H and O–H groups in total. The van der Waals surface area contributed by atoms with Crippen molar-refractivity contribution in [1.29, 1.82) is 0 Å². The molecule has 4 heteroatoms. The molecular formula is C14H25N3O. The van der Waals surface area contributed by atoms with Crippen molar-refractivity contribution in [3.63, 3.8) is 0 Å². The van der Waals surface area contributed by atoms with Crippen LogP contribution in [0.5, 0.6) is 0 Å². The SMILES string of the molecule is O=C1N(CCN2CCCCC2)CNC12CCCC2. The summed E-state index contributed by atoms with van der Waals surface area (Å²) in [4.78, 5) is 17.0. The van der Waals surface area contributed by atoms with Crippen molar-refractivity contribution in [2.75, 3.05) is 32.8 Å². The maximum Gasteiger partial charge on any atom is 0.244 e. The van der Waals surface area contributed by atoms with Gasteiger partial charge >= 0.3 is 0 Å². The van der Waals surface area contributed by atoms with E-state index in [0.717, 1.165) is 32.6 Å². The van der Waals surface area contributed by atoms with Crippen LogP contribution in [0.1, 0.15) is 44.9 Å². The van der Waals surface area contributed by atoms with Gasteiger partial charge in [0.15, 0.2) is 0 Å². The first-order valence-electron chi connectivity index (χ1n) is 7.57. The molecule has 1 saturated carbocycles. The van der Waals surface area contributed by atoms with Crippen molar-refractivity contribution >= 4 is 5.91 Å². The van der Waals surface area contributed by atoms with Crippen LogP contribution in [0.15, 0.2) is 0 Å². The zero-order chi connectivity index (χ0) is 12.4. The van der Waals surface area contributed by atoms with Crippen molar-refractivity contribution in [2.24, 2.45) is 0 Å². The van der Waals surface area contributed by atoms with Crippen LogP contribution in [0.25, 0.3) is 0 Å². The van der Waals surface area contributed by atoms with E-state index in [9.17, 15) is 4.79 Å². The Labute approximate surface area is 110 Å². The van der Waals surface area contributed by atoms with Crippen molar-refractivity contribution < 1.29 is 4.79 Å². The lowest BCUT2D eigenvalue weighted by Gasteiger charge is -2.28. The Balaban J connectivity index is 1.50. The van der Waals surface area contributed by atoms with Crippen LogP contribution in [0.2, 0.25) is 0 Å². The zero-order valence-electron chi connectivity index (χ0n) is 11.3. The number of amides is 1. The molecule has 4 nitrogen and oxygen atoms in total. The summed E-state index contributed by atoms with van der Waals surface area (Å²) in [5, 5.41) is 3.48. The van der Waals surface area contributed by atoms with Crippen molar-refractivity contribution in [3.05, 3.63) is 0 Å².